The zero-order chi connectivity index (χ0) is 19.9. The van der Waals surface area contributed by atoms with E-state index in [1.54, 1.807) is 4.57 Å². The molecule has 10 nitrogen and oxygen atoms in total. The fourth-order valence-corrected chi connectivity index (χ4v) is 3.36. The molecular weight excluding hydrogens is 350 g/mol. The minimum atomic E-state index is -0.977. The van der Waals surface area contributed by atoms with Crippen molar-refractivity contribution in [3.8, 4) is 0 Å². The number of carbonyl (C=O) groups is 1. The third-order valence-electron chi connectivity index (χ3n) is 4.77. The Morgan fingerprint density at radius 1 is 1.33 bits per heavy atom. The van der Waals surface area contributed by atoms with Gasteiger partial charge in [-0.1, -0.05) is 11.6 Å². The van der Waals surface area contributed by atoms with Crippen LogP contribution in [0.4, 0.5) is 10.7 Å². The van der Waals surface area contributed by atoms with Gasteiger partial charge in [0.05, 0.1) is 0 Å². The number of rotatable bonds is 3. The average Bonchev–Trinajstić information content (AvgIpc) is 2.97. The number of primary amides is 1. The third kappa shape index (κ3) is 3.27. The number of amides is 1. The molecule has 1 unspecified atom stereocenters. The van der Waals surface area contributed by atoms with Crippen LogP contribution in [0.2, 0.25) is 0 Å². The van der Waals surface area contributed by atoms with E-state index in [1.807, 2.05) is 24.8 Å². The largest absolute Gasteiger partial charge is 0.351 e. The maximum Gasteiger partial charge on any atom is 0.340 e. The zero-order valence-electron chi connectivity index (χ0n) is 15.8. The number of anilines is 1. The SMILES string of the molecule is CC(C)=CCn1c(N2CCCC(N)C2)nc2c1c(=O)n(C)c(=O)n2C(N)=O. The van der Waals surface area contributed by atoms with Crippen LogP contribution in [-0.2, 0) is 13.6 Å². The van der Waals surface area contributed by atoms with Crippen LogP contribution in [0.25, 0.3) is 11.2 Å². The van der Waals surface area contributed by atoms with Crippen molar-refractivity contribution in [2.45, 2.75) is 39.3 Å². The number of fused-ring (bicyclic) bond motifs is 1. The van der Waals surface area contributed by atoms with Crippen LogP contribution in [0.5, 0.6) is 0 Å². The molecule has 1 aliphatic heterocycles. The van der Waals surface area contributed by atoms with Gasteiger partial charge in [-0.3, -0.25) is 9.36 Å². The van der Waals surface area contributed by atoms with Gasteiger partial charge in [-0.15, -0.1) is 0 Å². The molecule has 1 aliphatic rings. The quantitative estimate of drug-likeness (QED) is 0.709. The monoisotopic (exact) mass is 375 g/mol. The van der Waals surface area contributed by atoms with E-state index >= 15 is 0 Å². The van der Waals surface area contributed by atoms with Crippen molar-refractivity contribution in [1.82, 2.24) is 18.7 Å². The van der Waals surface area contributed by atoms with E-state index in [1.165, 1.54) is 7.05 Å². The van der Waals surface area contributed by atoms with Crippen molar-refractivity contribution in [3.05, 3.63) is 32.5 Å². The molecule has 146 valence electrons. The minimum absolute atomic E-state index is 0.00312. The smallest absolute Gasteiger partial charge is 0.340 e. The number of nitrogens with zero attached hydrogens (tertiary/aromatic N) is 5. The normalized spacial score (nSPS) is 17.3. The van der Waals surface area contributed by atoms with Gasteiger partial charge in [0.1, 0.15) is 0 Å². The Morgan fingerprint density at radius 2 is 2.04 bits per heavy atom. The molecule has 2 aromatic heterocycles. The second-order valence-electron chi connectivity index (χ2n) is 7.14. The predicted molar refractivity (Wildman–Crippen MR) is 103 cm³/mol. The first kappa shape index (κ1) is 18.9. The predicted octanol–water partition coefficient (Wildman–Crippen LogP) is -0.283. The Morgan fingerprint density at radius 3 is 2.63 bits per heavy atom. The van der Waals surface area contributed by atoms with Crippen LogP contribution in [0.15, 0.2) is 21.2 Å². The Hall–Kier alpha value is -2.88. The second kappa shape index (κ2) is 7.03. The van der Waals surface area contributed by atoms with Crippen LogP contribution < -0.4 is 27.6 Å². The van der Waals surface area contributed by atoms with Gasteiger partial charge in [0.15, 0.2) is 11.2 Å². The summed E-state index contributed by atoms with van der Waals surface area (Å²) in [4.78, 5) is 43.6. The Kier molecular flexibility index (Phi) is 4.92. The summed E-state index contributed by atoms with van der Waals surface area (Å²) >= 11 is 0. The molecule has 0 bridgehead atoms. The first-order valence-electron chi connectivity index (χ1n) is 8.88. The highest BCUT2D eigenvalue weighted by atomic mass is 16.2. The van der Waals surface area contributed by atoms with Crippen LogP contribution >= 0.6 is 0 Å². The van der Waals surface area contributed by atoms with Crippen molar-refractivity contribution in [3.63, 3.8) is 0 Å². The maximum absolute atomic E-state index is 12.8. The molecule has 3 heterocycles. The summed E-state index contributed by atoms with van der Waals surface area (Å²) in [6.07, 6.45) is 3.76. The molecule has 3 rings (SSSR count). The number of allylic oxidation sites excluding steroid dienone is 2. The molecular formula is C17H25N7O3. The molecule has 0 saturated carbocycles. The van der Waals surface area contributed by atoms with E-state index in [4.69, 9.17) is 11.5 Å². The zero-order valence-corrected chi connectivity index (χ0v) is 15.8. The number of nitrogens with two attached hydrogens (primary N) is 2. The van der Waals surface area contributed by atoms with Gasteiger partial charge in [-0.05, 0) is 26.7 Å². The summed E-state index contributed by atoms with van der Waals surface area (Å²) in [6, 6.07) is -0.981. The van der Waals surface area contributed by atoms with E-state index in [2.05, 4.69) is 4.98 Å². The van der Waals surface area contributed by atoms with Crippen LogP contribution in [0.3, 0.4) is 0 Å². The molecule has 2 aromatic rings. The summed E-state index contributed by atoms with van der Waals surface area (Å²) < 4.78 is 3.34. The van der Waals surface area contributed by atoms with Crippen LogP contribution in [-0.4, -0.2) is 43.8 Å². The first-order valence-corrected chi connectivity index (χ1v) is 8.88. The molecule has 1 saturated heterocycles. The highest BCUT2D eigenvalue weighted by Crippen LogP contribution is 2.23. The topological polar surface area (TPSA) is 134 Å². The molecule has 1 fully saturated rings. The van der Waals surface area contributed by atoms with Gasteiger partial charge in [0.2, 0.25) is 5.95 Å². The number of hydrogen-bond donors (Lipinski definition) is 2. The van der Waals surface area contributed by atoms with E-state index in [-0.39, 0.29) is 17.2 Å². The molecule has 0 aromatic carbocycles. The molecule has 1 atom stereocenters. The Bertz CT molecular complexity index is 1040. The summed E-state index contributed by atoms with van der Waals surface area (Å²) in [5.41, 5.74) is 11.4. The fourth-order valence-electron chi connectivity index (χ4n) is 3.36. The number of piperidine rings is 1. The number of imidazole rings is 1. The van der Waals surface area contributed by atoms with Gasteiger partial charge < -0.3 is 20.9 Å². The summed E-state index contributed by atoms with van der Waals surface area (Å²) in [5, 5.41) is 0. The Labute approximate surface area is 155 Å². The summed E-state index contributed by atoms with van der Waals surface area (Å²) in [7, 11) is 1.32. The second-order valence-corrected chi connectivity index (χ2v) is 7.14. The Balaban J connectivity index is 2.36. The van der Waals surface area contributed by atoms with Crippen molar-refractivity contribution in [1.29, 1.82) is 0 Å². The number of aromatic nitrogens is 4. The lowest BCUT2D eigenvalue weighted by Crippen LogP contribution is -2.44. The van der Waals surface area contributed by atoms with Crippen molar-refractivity contribution < 1.29 is 4.79 Å². The molecule has 4 N–H and O–H groups in total. The molecule has 27 heavy (non-hydrogen) atoms. The van der Waals surface area contributed by atoms with Gasteiger partial charge in [0, 0.05) is 32.7 Å². The highest BCUT2D eigenvalue weighted by molar-refractivity contribution is 5.86. The first-order chi connectivity index (χ1) is 12.7. The molecule has 0 spiro atoms. The standard InChI is InChI=1S/C17H25N7O3/c1-10(2)6-8-23-12-13(20-16(23)22-7-4-5-11(18)9-22)24(15(19)26)17(27)21(3)14(12)25/h6,11H,4-5,7-9,18H2,1-3H3,(H2,19,26). The van der Waals surface area contributed by atoms with Gasteiger partial charge in [-0.25, -0.2) is 9.59 Å². The lowest BCUT2D eigenvalue weighted by molar-refractivity contribution is 0.249. The van der Waals surface area contributed by atoms with Crippen LogP contribution in [0, 0.1) is 0 Å². The van der Waals surface area contributed by atoms with E-state index < -0.39 is 17.3 Å². The lowest BCUT2D eigenvalue weighted by Gasteiger charge is -2.31. The molecule has 0 aliphatic carbocycles. The van der Waals surface area contributed by atoms with Gasteiger partial charge in [-0.2, -0.15) is 9.55 Å². The van der Waals surface area contributed by atoms with Crippen LogP contribution in [0.1, 0.15) is 26.7 Å². The minimum Gasteiger partial charge on any atom is -0.351 e. The average molecular weight is 375 g/mol. The van der Waals surface area contributed by atoms with E-state index in [0.29, 0.717) is 19.0 Å². The van der Waals surface area contributed by atoms with Crippen molar-refractivity contribution in [2.24, 2.45) is 18.5 Å². The van der Waals surface area contributed by atoms with Gasteiger partial charge >= 0.3 is 11.7 Å². The highest BCUT2D eigenvalue weighted by Gasteiger charge is 2.27. The third-order valence-corrected chi connectivity index (χ3v) is 4.77. The maximum atomic E-state index is 12.8. The van der Waals surface area contributed by atoms with Gasteiger partial charge in [0.25, 0.3) is 5.56 Å². The van der Waals surface area contributed by atoms with Crippen molar-refractivity contribution >= 4 is 23.1 Å². The molecule has 0 radical (unpaired) electrons. The summed E-state index contributed by atoms with van der Waals surface area (Å²) in [5.74, 6) is 0.510. The number of carbonyl (C=O) groups excluding carboxylic acids is 1. The lowest BCUT2D eigenvalue weighted by atomic mass is 10.1. The fraction of sp³-hybridized carbons (Fsp3) is 0.529. The number of hydrogen-bond acceptors (Lipinski definition) is 6. The summed E-state index contributed by atoms with van der Waals surface area (Å²) in [6.45, 7) is 5.60. The van der Waals surface area contributed by atoms with Crippen molar-refractivity contribution in [2.75, 3.05) is 18.0 Å². The molecule has 1 amide bonds. The van der Waals surface area contributed by atoms with E-state index in [0.717, 1.165) is 34.1 Å². The van der Waals surface area contributed by atoms with E-state index in [9.17, 15) is 14.4 Å². The molecule has 10 heteroatoms.